The van der Waals surface area contributed by atoms with Gasteiger partial charge in [-0.25, -0.2) is 0 Å². The zero-order chi connectivity index (χ0) is 26.8. The first kappa shape index (κ1) is 28.2. The molecular weight excluding hydrogens is 472 g/mol. The number of hydrogen-bond donors (Lipinski definition) is 4. The number of aliphatic hydroxyl groups excluding tert-OH is 2. The Kier molecular flexibility index (Phi) is 10.1. The molecule has 1 heterocycles. The van der Waals surface area contributed by atoms with E-state index in [9.17, 15) is 24.6 Å². The van der Waals surface area contributed by atoms with Crippen LogP contribution < -0.4 is 10.6 Å². The molecule has 1 saturated heterocycles. The highest BCUT2D eigenvalue weighted by molar-refractivity contribution is 5.98. The number of epoxide rings is 1. The van der Waals surface area contributed by atoms with Gasteiger partial charge < -0.3 is 25.6 Å². The molecule has 3 atom stereocenters. The number of nitrogens with one attached hydrogen (secondary N) is 2. The molecule has 1 aliphatic heterocycles. The third-order valence-corrected chi connectivity index (χ3v) is 6.26. The van der Waals surface area contributed by atoms with Gasteiger partial charge in [-0.2, -0.15) is 0 Å². The van der Waals surface area contributed by atoms with Gasteiger partial charge >= 0.3 is 0 Å². The summed E-state index contributed by atoms with van der Waals surface area (Å²) in [7, 11) is 0. The molecule has 1 fully saturated rings. The van der Waals surface area contributed by atoms with E-state index in [-0.39, 0.29) is 18.9 Å². The van der Waals surface area contributed by atoms with Crippen molar-refractivity contribution < 1.29 is 29.3 Å². The molecule has 0 aliphatic carbocycles. The second-order valence-corrected chi connectivity index (χ2v) is 9.69. The van der Waals surface area contributed by atoms with Gasteiger partial charge in [0.25, 0.3) is 0 Å². The molecule has 0 saturated carbocycles. The van der Waals surface area contributed by atoms with Gasteiger partial charge in [0.15, 0.2) is 11.4 Å². The summed E-state index contributed by atoms with van der Waals surface area (Å²) in [5.41, 5.74) is 1.79. The molecule has 0 radical (unpaired) electrons. The van der Waals surface area contributed by atoms with Crippen molar-refractivity contribution in [2.24, 2.45) is 5.92 Å². The van der Waals surface area contributed by atoms with Crippen molar-refractivity contribution in [3.05, 3.63) is 77.9 Å². The smallest absolute Gasteiger partial charge is 0.245 e. The number of amides is 2. The van der Waals surface area contributed by atoms with Gasteiger partial charge in [-0.3, -0.25) is 14.4 Å². The molecule has 4 N–H and O–H groups in total. The average molecular weight is 509 g/mol. The lowest BCUT2D eigenvalue weighted by atomic mass is 9.92. The van der Waals surface area contributed by atoms with E-state index in [4.69, 9.17) is 4.74 Å². The molecule has 1 aliphatic rings. The molecule has 8 heteroatoms. The van der Waals surface area contributed by atoms with E-state index in [2.05, 4.69) is 10.6 Å². The number of hydrogen-bond acceptors (Lipinski definition) is 6. The quantitative estimate of drug-likeness (QED) is 0.290. The van der Waals surface area contributed by atoms with Crippen molar-refractivity contribution in [2.45, 2.75) is 50.8 Å². The Morgan fingerprint density at radius 2 is 1.51 bits per heavy atom. The Hall–Kier alpha value is -3.33. The van der Waals surface area contributed by atoms with E-state index in [1.807, 2.05) is 80.6 Å². The van der Waals surface area contributed by atoms with E-state index in [0.29, 0.717) is 12.8 Å². The number of benzene rings is 2. The van der Waals surface area contributed by atoms with Crippen molar-refractivity contribution in [1.29, 1.82) is 0 Å². The maximum atomic E-state index is 12.8. The summed E-state index contributed by atoms with van der Waals surface area (Å²) in [4.78, 5) is 38.3. The van der Waals surface area contributed by atoms with Crippen LogP contribution in [0.25, 0.3) is 5.57 Å². The average Bonchev–Trinajstić information content (AvgIpc) is 3.71. The highest BCUT2D eigenvalue weighted by Gasteiger charge is 2.54. The van der Waals surface area contributed by atoms with Gasteiger partial charge in [0.2, 0.25) is 11.8 Å². The minimum atomic E-state index is -1.27. The molecule has 2 aromatic rings. The van der Waals surface area contributed by atoms with Crippen molar-refractivity contribution in [3.8, 4) is 0 Å². The van der Waals surface area contributed by atoms with Gasteiger partial charge in [-0.15, -0.1) is 0 Å². The lowest BCUT2D eigenvalue weighted by molar-refractivity contribution is -0.134. The van der Waals surface area contributed by atoms with Gasteiger partial charge in [0, 0.05) is 6.42 Å². The summed E-state index contributed by atoms with van der Waals surface area (Å²) in [5.74, 6) is -1.37. The summed E-state index contributed by atoms with van der Waals surface area (Å²) in [6.45, 7) is 2.84. The summed E-state index contributed by atoms with van der Waals surface area (Å²) >= 11 is 0. The van der Waals surface area contributed by atoms with Crippen molar-refractivity contribution in [3.63, 3.8) is 0 Å². The van der Waals surface area contributed by atoms with Gasteiger partial charge in [0.05, 0.1) is 25.9 Å². The predicted octanol–water partition coefficient (Wildman–Crippen LogP) is 2.24. The zero-order valence-corrected chi connectivity index (χ0v) is 21.4. The molecule has 2 aromatic carbocycles. The number of rotatable bonds is 14. The molecule has 198 valence electrons. The van der Waals surface area contributed by atoms with Crippen LogP contribution in [0.5, 0.6) is 0 Å². The number of Topliss-reactive ketones (excluding diaryl/α,β-unsaturated/α-hetero) is 1. The number of allylic oxidation sites excluding steroid dienone is 1. The highest BCUT2D eigenvalue weighted by atomic mass is 16.6. The number of aliphatic hydroxyl groups is 2. The number of ether oxygens (including phenoxy) is 1. The summed E-state index contributed by atoms with van der Waals surface area (Å²) < 4.78 is 5.15. The summed E-state index contributed by atoms with van der Waals surface area (Å²) in [6.07, 6.45) is 2.87. The normalized spacial score (nSPS) is 18.0. The molecule has 0 bridgehead atoms. The SMILES string of the molecule is CC(C)CC(NC(=O)C(CO)NC(=O)CCC=C(c1ccccc1)c1ccccc1)C(=O)C1(CO)CO1. The molecule has 37 heavy (non-hydrogen) atoms. The van der Waals surface area contributed by atoms with Crippen molar-refractivity contribution in [1.82, 2.24) is 10.6 Å². The van der Waals surface area contributed by atoms with Crippen LogP contribution in [0, 0.1) is 5.92 Å². The van der Waals surface area contributed by atoms with Crippen LogP contribution in [0.1, 0.15) is 44.2 Å². The monoisotopic (exact) mass is 508 g/mol. The summed E-state index contributed by atoms with van der Waals surface area (Å²) in [5, 5.41) is 24.5. The van der Waals surface area contributed by atoms with Crippen molar-refractivity contribution in [2.75, 3.05) is 19.8 Å². The minimum absolute atomic E-state index is 0.0844. The van der Waals surface area contributed by atoms with Gasteiger partial charge in [-0.1, -0.05) is 80.6 Å². The fourth-order valence-electron chi connectivity index (χ4n) is 4.14. The van der Waals surface area contributed by atoms with E-state index >= 15 is 0 Å². The van der Waals surface area contributed by atoms with Crippen LogP contribution in [0.2, 0.25) is 0 Å². The molecule has 8 nitrogen and oxygen atoms in total. The molecule has 3 rings (SSSR count). The second-order valence-electron chi connectivity index (χ2n) is 9.69. The van der Waals surface area contributed by atoms with Gasteiger partial charge in [0.1, 0.15) is 6.04 Å². The van der Waals surface area contributed by atoms with Crippen LogP contribution in [-0.4, -0.2) is 65.3 Å². The third-order valence-electron chi connectivity index (χ3n) is 6.26. The Morgan fingerprint density at radius 3 is 1.97 bits per heavy atom. The first-order valence-corrected chi connectivity index (χ1v) is 12.6. The Morgan fingerprint density at radius 1 is 0.946 bits per heavy atom. The molecule has 0 spiro atoms. The van der Waals surface area contributed by atoms with E-state index in [1.54, 1.807) is 0 Å². The van der Waals surface area contributed by atoms with E-state index in [0.717, 1.165) is 16.7 Å². The van der Waals surface area contributed by atoms with Crippen molar-refractivity contribution >= 4 is 23.2 Å². The zero-order valence-electron chi connectivity index (χ0n) is 21.4. The van der Waals surface area contributed by atoms with Crippen LogP contribution >= 0.6 is 0 Å². The lowest BCUT2D eigenvalue weighted by Gasteiger charge is -2.24. The van der Waals surface area contributed by atoms with E-state index in [1.165, 1.54) is 0 Å². The number of carbonyl (C=O) groups is 3. The second kappa shape index (κ2) is 13.3. The van der Waals surface area contributed by atoms with Gasteiger partial charge in [-0.05, 0) is 35.5 Å². The number of carbonyl (C=O) groups excluding carboxylic acids is 3. The first-order chi connectivity index (χ1) is 17.8. The standard InChI is InChI=1S/C29H36N2O6/c1-20(2)16-24(27(35)29(18-33)19-37-29)31-28(36)25(17-32)30-26(34)15-9-14-23(21-10-5-3-6-11-21)22-12-7-4-8-13-22/h3-8,10-14,20,24-25,32-33H,9,15-19H2,1-2H3,(H,30,34)(H,31,36). The maximum absolute atomic E-state index is 12.8. The fraction of sp³-hybridized carbons (Fsp3) is 0.414. The van der Waals surface area contributed by atoms with Crippen LogP contribution in [0.4, 0.5) is 0 Å². The van der Waals surface area contributed by atoms with Crippen LogP contribution in [0.3, 0.4) is 0 Å². The topological polar surface area (TPSA) is 128 Å². The molecule has 0 aromatic heterocycles. The Bertz CT molecular complexity index is 1040. The Balaban J connectivity index is 1.61. The fourth-order valence-corrected chi connectivity index (χ4v) is 4.14. The highest BCUT2D eigenvalue weighted by Crippen LogP contribution is 2.30. The minimum Gasteiger partial charge on any atom is -0.394 e. The molecule has 2 amide bonds. The largest absolute Gasteiger partial charge is 0.394 e. The van der Waals surface area contributed by atoms with Crippen LogP contribution in [-0.2, 0) is 19.1 Å². The predicted molar refractivity (Wildman–Crippen MR) is 140 cm³/mol. The summed E-state index contributed by atoms with van der Waals surface area (Å²) in [6, 6.07) is 17.7. The Labute approximate surface area is 217 Å². The first-order valence-electron chi connectivity index (χ1n) is 12.6. The molecule has 3 unspecified atom stereocenters. The molecular formula is C29H36N2O6. The number of ketones is 1. The lowest BCUT2D eigenvalue weighted by Crippen LogP contribution is -2.55. The maximum Gasteiger partial charge on any atom is 0.245 e. The van der Waals surface area contributed by atoms with Crippen LogP contribution in [0.15, 0.2) is 66.7 Å². The van der Waals surface area contributed by atoms with E-state index < -0.39 is 48.5 Å². The third kappa shape index (κ3) is 7.82.